The van der Waals surface area contributed by atoms with Gasteiger partial charge in [-0.15, -0.1) is 0 Å². The molecule has 0 spiro atoms. The quantitative estimate of drug-likeness (QED) is 0.623. The highest BCUT2D eigenvalue weighted by atomic mass is 16.8. The Morgan fingerprint density at radius 1 is 1.08 bits per heavy atom. The fourth-order valence-corrected chi connectivity index (χ4v) is 2.63. The second-order valence-corrected chi connectivity index (χ2v) is 5.40. The summed E-state index contributed by atoms with van der Waals surface area (Å²) >= 11 is 0. The average Bonchev–Trinajstić information content (AvgIpc) is 2.57. The summed E-state index contributed by atoms with van der Waals surface area (Å²) in [4.78, 5) is 0. The van der Waals surface area contributed by atoms with Gasteiger partial charge < -0.3 is 34.6 Å². The molecule has 0 aliphatic carbocycles. The first kappa shape index (κ1) is 16.4. The molecule has 3 rings (SSSR count). The van der Waals surface area contributed by atoms with Crippen LogP contribution in [0.2, 0.25) is 0 Å². The van der Waals surface area contributed by atoms with E-state index in [1.165, 1.54) is 25.3 Å². The van der Waals surface area contributed by atoms with E-state index in [1.807, 2.05) is 0 Å². The van der Waals surface area contributed by atoms with E-state index in [2.05, 4.69) is 0 Å². The SMILES string of the molecule is CO[C@]1(c2ccc(O)c(O)c2)Oc2cc(CCO)ccc2O[C@H]1O. The molecule has 128 valence electrons. The van der Waals surface area contributed by atoms with Crippen molar-refractivity contribution in [2.75, 3.05) is 13.7 Å². The maximum absolute atomic E-state index is 10.4. The lowest BCUT2D eigenvalue weighted by Gasteiger charge is -2.40. The fraction of sp³-hybridized carbons (Fsp3) is 0.294. The van der Waals surface area contributed by atoms with Crippen LogP contribution in [-0.4, -0.2) is 40.4 Å². The third-order valence-corrected chi connectivity index (χ3v) is 3.91. The molecule has 24 heavy (non-hydrogen) atoms. The van der Waals surface area contributed by atoms with Crippen molar-refractivity contribution in [3.63, 3.8) is 0 Å². The lowest BCUT2D eigenvalue weighted by atomic mass is 10.0. The number of aromatic hydroxyl groups is 2. The van der Waals surface area contributed by atoms with Crippen LogP contribution in [0.25, 0.3) is 0 Å². The number of hydrogen-bond acceptors (Lipinski definition) is 7. The van der Waals surface area contributed by atoms with Gasteiger partial charge in [-0.2, -0.15) is 0 Å². The summed E-state index contributed by atoms with van der Waals surface area (Å²) in [5.74, 6) is -1.72. The second kappa shape index (κ2) is 6.20. The van der Waals surface area contributed by atoms with Crippen LogP contribution in [-0.2, 0) is 16.9 Å². The van der Waals surface area contributed by atoms with Crippen LogP contribution < -0.4 is 9.47 Å². The average molecular weight is 334 g/mol. The van der Waals surface area contributed by atoms with Gasteiger partial charge >= 0.3 is 5.79 Å². The minimum absolute atomic E-state index is 0.0104. The molecular weight excluding hydrogens is 316 g/mol. The van der Waals surface area contributed by atoms with Gasteiger partial charge in [-0.25, -0.2) is 0 Å². The van der Waals surface area contributed by atoms with Crippen LogP contribution in [0.15, 0.2) is 36.4 Å². The molecule has 0 radical (unpaired) electrons. The maximum Gasteiger partial charge on any atom is 0.300 e. The van der Waals surface area contributed by atoms with Crippen LogP contribution in [0.3, 0.4) is 0 Å². The molecule has 0 fully saturated rings. The number of aliphatic hydroxyl groups is 2. The molecular formula is C17H18O7. The number of fused-ring (bicyclic) bond motifs is 1. The van der Waals surface area contributed by atoms with Crippen LogP contribution in [0.4, 0.5) is 0 Å². The van der Waals surface area contributed by atoms with E-state index in [0.717, 1.165) is 5.56 Å². The van der Waals surface area contributed by atoms with Crippen molar-refractivity contribution in [1.29, 1.82) is 0 Å². The summed E-state index contributed by atoms with van der Waals surface area (Å²) in [5.41, 5.74) is 1.10. The normalized spacial score (nSPS) is 22.4. The minimum Gasteiger partial charge on any atom is -0.504 e. The van der Waals surface area contributed by atoms with E-state index >= 15 is 0 Å². The maximum atomic E-state index is 10.4. The Hall–Kier alpha value is -2.48. The Labute approximate surface area is 138 Å². The molecule has 2 aromatic carbocycles. The molecule has 1 aliphatic heterocycles. The molecule has 7 heteroatoms. The van der Waals surface area contributed by atoms with Crippen LogP contribution in [0.5, 0.6) is 23.0 Å². The molecule has 1 heterocycles. The van der Waals surface area contributed by atoms with Gasteiger partial charge in [-0.1, -0.05) is 6.07 Å². The molecule has 0 bridgehead atoms. The largest absolute Gasteiger partial charge is 0.504 e. The Morgan fingerprint density at radius 2 is 1.88 bits per heavy atom. The van der Waals surface area contributed by atoms with Crippen LogP contribution in [0.1, 0.15) is 11.1 Å². The molecule has 0 saturated heterocycles. The van der Waals surface area contributed by atoms with Crippen molar-refractivity contribution >= 4 is 0 Å². The molecule has 0 saturated carbocycles. The Bertz CT molecular complexity index is 746. The van der Waals surface area contributed by atoms with Crippen LogP contribution >= 0.6 is 0 Å². The van der Waals surface area contributed by atoms with E-state index in [0.29, 0.717) is 17.9 Å². The monoisotopic (exact) mass is 334 g/mol. The first-order chi connectivity index (χ1) is 11.5. The number of methoxy groups -OCH3 is 1. The zero-order valence-electron chi connectivity index (χ0n) is 13.0. The predicted octanol–water partition coefficient (Wildman–Crippen LogP) is 1.22. The molecule has 0 aromatic heterocycles. The summed E-state index contributed by atoms with van der Waals surface area (Å²) < 4.78 is 16.8. The lowest BCUT2D eigenvalue weighted by Crippen LogP contribution is -2.51. The minimum atomic E-state index is -1.71. The summed E-state index contributed by atoms with van der Waals surface area (Å²) in [6.45, 7) is -0.0104. The highest BCUT2D eigenvalue weighted by molar-refractivity contribution is 5.47. The van der Waals surface area contributed by atoms with Crippen molar-refractivity contribution in [3.05, 3.63) is 47.5 Å². The van der Waals surface area contributed by atoms with Crippen molar-refractivity contribution in [3.8, 4) is 23.0 Å². The van der Waals surface area contributed by atoms with Crippen molar-refractivity contribution in [1.82, 2.24) is 0 Å². The summed E-state index contributed by atoms with van der Waals surface area (Å²) in [5, 5.41) is 38.7. The standard InChI is InChI=1S/C17H18O7/c1-22-17(11-3-4-12(19)13(20)9-11)16(21)23-14-5-2-10(6-7-18)8-15(14)24-17/h2-5,8-9,16,18-21H,6-7H2,1H3/t16-,17-/m1/s1. The van der Waals surface area contributed by atoms with E-state index in [4.69, 9.17) is 19.3 Å². The zero-order chi connectivity index (χ0) is 17.3. The van der Waals surface area contributed by atoms with Gasteiger partial charge in [0.05, 0.1) is 0 Å². The first-order valence-electron chi connectivity index (χ1n) is 7.35. The Kier molecular flexibility index (Phi) is 4.23. The molecule has 2 aromatic rings. The number of phenols is 2. The molecule has 0 amide bonds. The third-order valence-electron chi connectivity index (χ3n) is 3.91. The van der Waals surface area contributed by atoms with Gasteiger partial charge in [-0.3, -0.25) is 0 Å². The number of ether oxygens (including phenoxy) is 3. The molecule has 2 atom stereocenters. The first-order valence-corrected chi connectivity index (χ1v) is 7.35. The number of rotatable bonds is 4. The van der Waals surface area contributed by atoms with Crippen LogP contribution in [0, 0.1) is 0 Å². The summed E-state index contributed by atoms with van der Waals surface area (Å²) in [6, 6.07) is 9.03. The van der Waals surface area contributed by atoms with Crippen molar-refractivity contribution in [2.24, 2.45) is 0 Å². The number of aliphatic hydroxyl groups excluding tert-OH is 2. The van der Waals surface area contributed by atoms with Gasteiger partial charge in [-0.05, 0) is 42.3 Å². The van der Waals surface area contributed by atoms with Crippen molar-refractivity contribution in [2.45, 2.75) is 18.5 Å². The number of hydrogen-bond donors (Lipinski definition) is 4. The second-order valence-electron chi connectivity index (χ2n) is 5.40. The lowest BCUT2D eigenvalue weighted by molar-refractivity contribution is -0.299. The molecule has 4 N–H and O–H groups in total. The topological polar surface area (TPSA) is 109 Å². The molecule has 7 nitrogen and oxygen atoms in total. The number of phenolic OH excluding ortho intramolecular Hbond substituents is 2. The van der Waals surface area contributed by atoms with Gasteiger partial charge in [0.15, 0.2) is 23.0 Å². The highest BCUT2D eigenvalue weighted by Gasteiger charge is 2.49. The fourth-order valence-electron chi connectivity index (χ4n) is 2.63. The summed E-state index contributed by atoms with van der Waals surface area (Å²) in [7, 11) is 1.33. The van der Waals surface area contributed by atoms with E-state index in [9.17, 15) is 15.3 Å². The van der Waals surface area contributed by atoms with Gasteiger partial charge in [0.2, 0.25) is 0 Å². The van der Waals surface area contributed by atoms with Gasteiger partial charge in [0.1, 0.15) is 0 Å². The van der Waals surface area contributed by atoms with E-state index in [1.54, 1.807) is 18.2 Å². The highest BCUT2D eigenvalue weighted by Crippen LogP contribution is 2.44. The third kappa shape index (κ3) is 2.62. The van der Waals surface area contributed by atoms with Gasteiger partial charge in [0.25, 0.3) is 6.29 Å². The predicted molar refractivity (Wildman–Crippen MR) is 83.0 cm³/mol. The summed E-state index contributed by atoms with van der Waals surface area (Å²) in [6.07, 6.45) is -1.05. The zero-order valence-corrected chi connectivity index (χ0v) is 13.0. The smallest absolute Gasteiger partial charge is 0.300 e. The molecule has 0 unspecified atom stereocenters. The van der Waals surface area contributed by atoms with Gasteiger partial charge in [0, 0.05) is 19.3 Å². The van der Waals surface area contributed by atoms with Crippen molar-refractivity contribution < 1.29 is 34.6 Å². The Morgan fingerprint density at radius 3 is 2.54 bits per heavy atom. The molecule has 1 aliphatic rings. The number of benzene rings is 2. The Balaban J connectivity index is 2.05. The van der Waals surface area contributed by atoms with E-state index < -0.39 is 12.1 Å². The van der Waals surface area contributed by atoms with E-state index in [-0.39, 0.29) is 23.7 Å².